The van der Waals surface area contributed by atoms with Crippen LogP contribution in [0, 0.1) is 13.8 Å². The van der Waals surface area contributed by atoms with Crippen LogP contribution in [-0.2, 0) is 17.6 Å². The Balaban J connectivity index is 1.65. The molecule has 0 aliphatic heterocycles. The van der Waals surface area contributed by atoms with E-state index in [-0.39, 0.29) is 12.4 Å². The van der Waals surface area contributed by atoms with Crippen LogP contribution in [0.2, 0.25) is 0 Å². The molecule has 0 bridgehead atoms. The van der Waals surface area contributed by atoms with Gasteiger partial charge in [0.25, 0.3) is 0 Å². The van der Waals surface area contributed by atoms with E-state index in [9.17, 15) is 9.59 Å². The van der Waals surface area contributed by atoms with Crippen molar-refractivity contribution in [3.05, 3.63) is 76.0 Å². The molecule has 4 nitrogen and oxygen atoms in total. The molecule has 0 radical (unpaired) electrons. The van der Waals surface area contributed by atoms with Gasteiger partial charge in [-0.05, 0) is 62.8 Å². The maximum atomic E-state index is 13.5. The molecular weight excluding hydrogens is 422 g/mol. The predicted octanol–water partition coefficient (Wildman–Crippen LogP) is 7.11. The highest BCUT2D eigenvalue weighted by Crippen LogP contribution is 2.28. The summed E-state index contributed by atoms with van der Waals surface area (Å²) in [6, 6.07) is 13.6. The molecular formula is C30H35NO3. The molecule has 0 saturated carbocycles. The minimum Gasteiger partial charge on any atom is -0.454 e. The third-order valence-electron chi connectivity index (χ3n) is 6.90. The Morgan fingerprint density at radius 2 is 1.53 bits per heavy atom. The number of Topliss-reactive ketones (excluding diaryl/α,β-unsaturated/α-hetero) is 1. The zero-order valence-electron chi connectivity index (χ0n) is 20.5. The number of nitrogens with zero attached hydrogens (tertiary/aromatic N) is 1. The van der Waals surface area contributed by atoms with Crippen LogP contribution >= 0.6 is 0 Å². The van der Waals surface area contributed by atoms with Crippen molar-refractivity contribution in [3.8, 4) is 0 Å². The summed E-state index contributed by atoms with van der Waals surface area (Å²) in [6.07, 6.45) is 11.3. The Hall–Kier alpha value is -3.01. The first-order valence-electron chi connectivity index (χ1n) is 12.7. The molecule has 1 heterocycles. The maximum absolute atomic E-state index is 13.5. The number of hydrogen-bond acceptors (Lipinski definition) is 4. The number of carbonyl (C=O) groups excluding carboxylic acids is 2. The van der Waals surface area contributed by atoms with Crippen molar-refractivity contribution in [1.29, 1.82) is 0 Å². The van der Waals surface area contributed by atoms with E-state index < -0.39 is 5.97 Å². The molecule has 178 valence electrons. The van der Waals surface area contributed by atoms with Gasteiger partial charge in [-0.25, -0.2) is 4.79 Å². The first kappa shape index (κ1) is 24.1. The summed E-state index contributed by atoms with van der Waals surface area (Å²) in [5.74, 6) is -0.586. The van der Waals surface area contributed by atoms with Crippen LogP contribution in [0.3, 0.4) is 0 Å². The fraction of sp³-hybridized carbons (Fsp3) is 0.433. The standard InChI is InChI=1S/C30H35NO3/c1-21-17-18-22(2)25(19-21)28(32)20-34-30(33)29-23-13-9-7-5-3-4-6-8-10-15-26(23)31-27-16-12-11-14-24(27)29/h11-12,14,16-19H,3-10,13,15,20H2,1-2H3. The number of fused-ring (bicyclic) bond motifs is 2. The minimum atomic E-state index is -0.416. The van der Waals surface area contributed by atoms with Crippen LogP contribution in [0.25, 0.3) is 10.9 Å². The van der Waals surface area contributed by atoms with Crippen molar-refractivity contribution >= 4 is 22.7 Å². The zero-order chi connectivity index (χ0) is 23.9. The molecule has 34 heavy (non-hydrogen) atoms. The number of ketones is 1. The van der Waals surface area contributed by atoms with Gasteiger partial charge in [-0.1, -0.05) is 74.4 Å². The van der Waals surface area contributed by atoms with E-state index in [0.717, 1.165) is 65.4 Å². The third-order valence-corrected chi connectivity index (χ3v) is 6.90. The number of esters is 1. The van der Waals surface area contributed by atoms with Crippen molar-refractivity contribution in [2.24, 2.45) is 0 Å². The third kappa shape index (κ3) is 5.72. The molecule has 0 spiro atoms. The number of carbonyl (C=O) groups is 2. The fourth-order valence-corrected chi connectivity index (χ4v) is 4.98. The molecule has 1 aromatic heterocycles. The number of pyridine rings is 1. The fourth-order valence-electron chi connectivity index (χ4n) is 4.98. The van der Waals surface area contributed by atoms with Crippen molar-refractivity contribution in [1.82, 2.24) is 4.98 Å². The summed E-state index contributed by atoms with van der Waals surface area (Å²) in [5, 5.41) is 0.817. The highest BCUT2D eigenvalue weighted by atomic mass is 16.5. The smallest absolute Gasteiger partial charge is 0.339 e. The van der Waals surface area contributed by atoms with E-state index in [1.54, 1.807) is 0 Å². The zero-order valence-corrected chi connectivity index (χ0v) is 20.5. The number of benzene rings is 2. The molecule has 0 fully saturated rings. The van der Waals surface area contributed by atoms with Gasteiger partial charge in [0.1, 0.15) is 0 Å². The monoisotopic (exact) mass is 457 g/mol. The molecule has 4 heteroatoms. The average molecular weight is 458 g/mol. The Bertz CT molecular complexity index is 1180. The summed E-state index contributed by atoms with van der Waals surface area (Å²) in [5.41, 5.74) is 5.98. The Labute approximate surface area is 202 Å². The number of para-hydroxylation sites is 1. The van der Waals surface area contributed by atoms with Gasteiger partial charge in [0.15, 0.2) is 6.61 Å². The maximum Gasteiger partial charge on any atom is 0.339 e. The van der Waals surface area contributed by atoms with Gasteiger partial charge >= 0.3 is 5.97 Å². The normalized spacial score (nSPS) is 15.1. The van der Waals surface area contributed by atoms with E-state index in [2.05, 4.69) is 0 Å². The van der Waals surface area contributed by atoms with Crippen molar-refractivity contribution in [2.45, 2.75) is 78.1 Å². The van der Waals surface area contributed by atoms with E-state index in [1.807, 2.05) is 56.3 Å². The van der Waals surface area contributed by atoms with Gasteiger partial charge in [0, 0.05) is 16.6 Å². The summed E-state index contributed by atoms with van der Waals surface area (Å²) in [7, 11) is 0. The first-order chi connectivity index (χ1) is 16.5. The number of rotatable bonds is 4. The van der Waals surface area contributed by atoms with Crippen LogP contribution in [-0.4, -0.2) is 23.3 Å². The van der Waals surface area contributed by atoms with E-state index in [1.165, 1.54) is 32.1 Å². The minimum absolute atomic E-state index is 0.170. The van der Waals surface area contributed by atoms with Gasteiger partial charge in [-0.3, -0.25) is 9.78 Å². The lowest BCUT2D eigenvalue weighted by atomic mass is 9.92. The molecule has 0 N–H and O–H groups in total. The molecule has 0 saturated heterocycles. The van der Waals surface area contributed by atoms with Crippen LogP contribution in [0.15, 0.2) is 42.5 Å². The van der Waals surface area contributed by atoms with Crippen LogP contribution in [0.4, 0.5) is 0 Å². The topological polar surface area (TPSA) is 56.3 Å². The van der Waals surface area contributed by atoms with E-state index in [4.69, 9.17) is 9.72 Å². The highest BCUT2D eigenvalue weighted by molar-refractivity contribution is 6.06. The molecule has 4 rings (SSSR count). The predicted molar refractivity (Wildman–Crippen MR) is 137 cm³/mol. The Kier molecular flexibility index (Phi) is 8.10. The SMILES string of the molecule is Cc1ccc(C)c(C(=O)COC(=O)c2c3c(nc4ccccc24)CCCCCCCCCC3)c1. The Morgan fingerprint density at radius 1 is 0.853 bits per heavy atom. The summed E-state index contributed by atoms with van der Waals surface area (Å²) < 4.78 is 5.67. The molecule has 2 aromatic carbocycles. The van der Waals surface area contributed by atoms with Gasteiger partial charge in [-0.15, -0.1) is 0 Å². The first-order valence-corrected chi connectivity index (χ1v) is 12.7. The Morgan fingerprint density at radius 3 is 2.29 bits per heavy atom. The van der Waals surface area contributed by atoms with Gasteiger partial charge in [-0.2, -0.15) is 0 Å². The molecule has 3 aromatic rings. The lowest BCUT2D eigenvalue weighted by molar-refractivity contribution is 0.0475. The second-order valence-corrected chi connectivity index (χ2v) is 9.58. The van der Waals surface area contributed by atoms with Crippen molar-refractivity contribution in [2.75, 3.05) is 6.61 Å². The summed E-state index contributed by atoms with van der Waals surface area (Å²) in [4.78, 5) is 31.3. The lowest BCUT2D eigenvalue weighted by Gasteiger charge is -2.17. The quantitative estimate of drug-likeness (QED) is 0.309. The molecule has 0 amide bonds. The van der Waals surface area contributed by atoms with E-state index >= 15 is 0 Å². The molecule has 0 unspecified atom stereocenters. The molecule has 0 atom stereocenters. The van der Waals surface area contributed by atoms with Crippen molar-refractivity contribution in [3.63, 3.8) is 0 Å². The highest BCUT2D eigenvalue weighted by Gasteiger charge is 2.23. The molecule has 1 aliphatic rings. The lowest BCUT2D eigenvalue weighted by Crippen LogP contribution is -2.18. The molecule has 1 aliphatic carbocycles. The largest absolute Gasteiger partial charge is 0.454 e. The number of aromatic nitrogens is 1. The van der Waals surface area contributed by atoms with Gasteiger partial charge < -0.3 is 4.74 Å². The number of aryl methyl sites for hydroxylation is 3. The number of hydrogen-bond donors (Lipinski definition) is 0. The number of ether oxygens (including phenoxy) is 1. The second-order valence-electron chi connectivity index (χ2n) is 9.58. The van der Waals surface area contributed by atoms with Crippen LogP contribution in [0.5, 0.6) is 0 Å². The van der Waals surface area contributed by atoms with Gasteiger partial charge in [0.05, 0.1) is 11.1 Å². The van der Waals surface area contributed by atoms with Gasteiger partial charge in [0.2, 0.25) is 5.78 Å². The van der Waals surface area contributed by atoms with Crippen molar-refractivity contribution < 1.29 is 14.3 Å². The van der Waals surface area contributed by atoms with E-state index in [0.29, 0.717) is 11.1 Å². The second kappa shape index (κ2) is 11.4. The summed E-state index contributed by atoms with van der Waals surface area (Å²) in [6.45, 7) is 3.61. The van der Waals surface area contributed by atoms with Crippen LogP contribution < -0.4 is 0 Å². The summed E-state index contributed by atoms with van der Waals surface area (Å²) >= 11 is 0. The van der Waals surface area contributed by atoms with Crippen LogP contribution in [0.1, 0.15) is 94.5 Å². The average Bonchev–Trinajstić information content (AvgIpc) is 2.83.